The van der Waals surface area contributed by atoms with Gasteiger partial charge in [-0.3, -0.25) is 4.79 Å². The Morgan fingerprint density at radius 3 is 2.65 bits per heavy atom. The van der Waals surface area contributed by atoms with Gasteiger partial charge in [0.05, 0.1) is 12.6 Å². The van der Waals surface area contributed by atoms with E-state index in [0.717, 1.165) is 0 Å². The molecule has 0 saturated carbocycles. The first kappa shape index (κ1) is 16.4. The monoisotopic (exact) mass is 283 g/mol. The lowest BCUT2D eigenvalue weighted by atomic mass is 10.0. The molecule has 1 rings (SSSR count). The number of benzene rings is 1. The van der Waals surface area contributed by atoms with Crippen LogP contribution in [0.2, 0.25) is 0 Å². The number of carbonyl (C=O) groups is 1. The van der Waals surface area contributed by atoms with E-state index in [2.05, 4.69) is 5.32 Å². The van der Waals surface area contributed by atoms with E-state index in [4.69, 9.17) is 4.74 Å². The predicted molar refractivity (Wildman–Crippen MR) is 75.0 cm³/mol. The summed E-state index contributed by atoms with van der Waals surface area (Å²) in [7, 11) is 0. The molecule has 0 aliphatic heterocycles. The zero-order valence-electron chi connectivity index (χ0n) is 12.1. The second kappa shape index (κ2) is 7.85. The highest BCUT2D eigenvalue weighted by Crippen LogP contribution is 2.14. The Balaban J connectivity index is 2.54. The zero-order valence-corrected chi connectivity index (χ0v) is 12.1. The summed E-state index contributed by atoms with van der Waals surface area (Å²) in [5.41, 5.74) is 0. The predicted octanol–water partition coefficient (Wildman–Crippen LogP) is 2.12. The third-order valence-electron chi connectivity index (χ3n) is 2.80. The molecule has 20 heavy (non-hydrogen) atoms. The van der Waals surface area contributed by atoms with Gasteiger partial charge in [0, 0.05) is 6.07 Å². The molecule has 0 aliphatic carbocycles. The molecule has 0 aromatic heterocycles. The van der Waals surface area contributed by atoms with Gasteiger partial charge in [0.25, 0.3) is 5.91 Å². The summed E-state index contributed by atoms with van der Waals surface area (Å²) >= 11 is 0. The molecule has 0 heterocycles. The lowest BCUT2D eigenvalue weighted by Gasteiger charge is -2.21. The van der Waals surface area contributed by atoms with E-state index in [-0.39, 0.29) is 18.6 Å². The van der Waals surface area contributed by atoms with Crippen molar-refractivity contribution < 1.29 is 19.0 Å². The molecule has 1 amide bonds. The minimum Gasteiger partial charge on any atom is -0.481 e. The topological polar surface area (TPSA) is 58.6 Å². The molecular formula is C15H22FNO3. The van der Waals surface area contributed by atoms with Crippen molar-refractivity contribution in [2.75, 3.05) is 6.61 Å². The fourth-order valence-electron chi connectivity index (χ4n) is 1.86. The van der Waals surface area contributed by atoms with E-state index < -0.39 is 11.9 Å². The summed E-state index contributed by atoms with van der Waals surface area (Å²) in [5, 5.41) is 12.0. The van der Waals surface area contributed by atoms with Crippen molar-refractivity contribution in [1.29, 1.82) is 0 Å². The number of nitrogens with one attached hydrogen (secondary N) is 1. The SMILES string of the molecule is CC(C)CC(CO)NC(=O)C(C)Oc1cccc(F)c1. The van der Waals surface area contributed by atoms with Crippen molar-refractivity contribution in [1.82, 2.24) is 5.32 Å². The first-order chi connectivity index (χ1) is 9.42. The van der Waals surface area contributed by atoms with Crippen molar-refractivity contribution in [2.45, 2.75) is 39.3 Å². The summed E-state index contributed by atoms with van der Waals surface area (Å²) in [6, 6.07) is 5.35. The lowest BCUT2D eigenvalue weighted by molar-refractivity contribution is -0.128. The molecule has 2 atom stereocenters. The van der Waals surface area contributed by atoms with Gasteiger partial charge < -0.3 is 15.2 Å². The molecule has 0 radical (unpaired) electrons. The van der Waals surface area contributed by atoms with E-state index in [1.807, 2.05) is 13.8 Å². The fraction of sp³-hybridized carbons (Fsp3) is 0.533. The number of ether oxygens (including phenoxy) is 1. The number of halogens is 1. The Morgan fingerprint density at radius 2 is 2.10 bits per heavy atom. The molecule has 0 spiro atoms. The fourth-order valence-corrected chi connectivity index (χ4v) is 1.86. The van der Waals surface area contributed by atoms with Gasteiger partial charge in [-0.05, 0) is 31.4 Å². The molecule has 1 aromatic carbocycles. The Bertz CT molecular complexity index is 437. The Morgan fingerprint density at radius 1 is 1.40 bits per heavy atom. The minimum absolute atomic E-state index is 0.114. The Hall–Kier alpha value is -1.62. The Labute approximate surface area is 119 Å². The van der Waals surface area contributed by atoms with Gasteiger partial charge in [-0.15, -0.1) is 0 Å². The summed E-state index contributed by atoms with van der Waals surface area (Å²) in [6.45, 7) is 5.50. The van der Waals surface area contributed by atoms with Gasteiger partial charge in [0.15, 0.2) is 6.10 Å². The van der Waals surface area contributed by atoms with E-state index in [0.29, 0.717) is 18.1 Å². The van der Waals surface area contributed by atoms with Crippen LogP contribution < -0.4 is 10.1 Å². The average molecular weight is 283 g/mol. The van der Waals surface area contributed by atoms with E-state index in [1.54, 1.807) is 13.0 Å². The number of hydrogen-bond acceptors (Lipinski definition) is 3. The largest absolute Gasteiger partial charge is 0.481 e. The lowest BCUT2D eigenvalue weighted by Crippen LogP contribution is -2.44. The van der Waals surface area contributed by atoms with Crippen LogP contribution in [0.3, 0.4) is 0 Å². The van der Waals surface area contributed by atoms with Gasteiger partial charge >= 0.3 is 0 Å². The quantitative estimate of drug-likeness (QED) is 0.806. The second-order valence-electron chi connectivity index (χ2n) is 5.24. The number of carbonyl (C=O) groups excluding carboxylic acids is 1. The highest BCUT2D eigenvalue weighted by Gasteiger charge is 2.19. The summed E-state index contributed by atoms with van der Waals surface area (Å²) in [4.78, 5) is 11.9. The molecule has 2 N–H and O–H groups in total. The highest BCUT2D eigenvalue weighted by atomic mass is 19.1. The molecule has 0 aliphatic rings. The highest BCUT2D eigenvalue weighted by molar-refractivity contribution is 5.81. The van der Waals surface area contributed by atoms with Crippen LogP contribution in [0.5, 0.6) is 5.75 Å². The third-order valence-corrected chi connectivity index (χ3v) is 2.80. The van der Waals surface area contributed by atoms with Gasteiger partial charge in [-0.1, -0.05) is 19.9 Å². The maximum absolute atomic E-state index is 13.0. The molecule has 1 aromatic rings. The minimum atomic E-state index is -0.752. The van der Waals surface area contributed by atoms with Crippen LogP contribution in [0.1, 0.15) is 27.2 Å². The van der Waals surface area contributed by atoms with Crippen LogP contribution in [0.4, 0.5) is 4.39 Å². The van der Waals surface area contributed by atoms with Crippen LogP contribution in [-0.4, -0.2) is 29.8 Å². The van der Waals surface area contributed by atoms with Gasteiger partial charge in [-0.2, -0.15) is 0 Å². The smallest absolute Gasteiger partial charge is 0.261 e. The first-order valence-electron chi connectivity index (χ1n) is 6.75. The zero-order chi connectivity index (χ0) is 15.1. The summed E-state index contributed by atoms with van der Waals surface area (Å²) < 4.78 is 18.4. The van der Waals surface area contributed by atoms with Crippen LogP contribution in [0.25, 0.3) is 0 Å². The maximum atomic E-state index is 13.0. The number of amides is 1. The molecule has 5 heteroatoms. The number of aliphatic hydroxyl groups excluding tert-OH is 1. The summed E-state index contributed by atoms with van der Waals surface area (Å²) in [5.74, 6) is -0.0685. The van der Waals surface area contributed by atoms with Crippen LogP contribution in [-0.2, 0) is 4.79 Å². The van der Waals surface area contributed by atoms with Gasteiger partial charge in [0.1, 0.15) is 11.6 Å². The maximum Gasteiger partial charge on any atom is 0.261 e. The van der Waals surface area contributed by atoms with Crippen molar-refractivity contribution in [2.24, 2.45) is 5.92 Å². The molecule has 0 fully saturated rings. The molecule has 0 saturated heterocycles. The van der Waals surface area contributed by atoms with Crippen LogP contribution >= 0.6 is 0 Å². The van der Waals surface area contributed by atoms with Crippen molar-refractivity contribution >= 4 is 5.91 Å². The number of aliphatic hydroxyl groups is 1. The van der Waals surface area contributed by atoms with Crippen molar-refractivity contribution in [3.63, 3.8) is 0 Å². The van der Waals surface area contributed by atoms with E-state index in [9.17, 15) is 14.3 Å². The molecule has 4 nitrogen and oxygen atoms in total. The van der Waals surface area contributed by atoms with Crippen LogP contribution in [0.15, 0.2) is 24.3 Å². The standard InChI is InChI=1S/C15H22FNO3/c1-10(2)7-13(9-18)17-15(19)11(3)20-14-6-4-5-12(16)8-14/h4-6,8,10-11,13,18H,7,9H2,1-3H3,(H,17,19). The van der Waals surface area contributed by atoms with E-state index in [1.165, 1.54) is 18.2 Å². The molecular weight excluding hydrogens is 261 g/mol. The van der Waals surface area contributed by atoms with Crippen molar-refractivity contribution in [3.8, 4) is 5.75 Å². The van der Waals surface area contributed by atoms with Crippen molar-refractivity contribution in [3.05, 3.63) is 30.1 Å². The average Bonchev–Trinajstić information content (AvgIpc) is 2.37. The van der Waals surface area contributed by atoms with Crippen LogP contribution in [0, 0.1) is 11.7 Å². The van der Waals surface area contributed by atoms with Gasteiger partial charge in [-0.25, -0.2) is 4.39 Å². The van der Waals surface area contributed by atoms with Gasteiger partial charge in [0.2, 0.25) is 0 Å². The normalized spacial score (nSPS) is 13.9. The second-order valence-corrected chi connectivity index (χ2v) is 5.24. The third kappa shape index (κ3) is 5.57. The molecule has 112 valence electrons. The first-order valence-corrected chi connectivity index (χ1v) is 6.75. The summed E-state index contributed by atoms with van der Waals surface area (Å²) in [6.07, 6.45) is -0.0624. The number of hydrogen-bond donors (Lipinski definition) is 2. The molecule has 0 bridgehead atoms. The van der Waals surface area contributed by atoms with E-state index >= 15 is 0 Å². The Kier molecular flexibility index (Phi) is 6.45. The molecule has 2 unspecified atom stereocenters. The number of rotatable bonds is 7.